The second-order valence-corrected chi connectivity index (χ2v) is 8.33. The van der Waals surface area contributed by atoms with E-state index in [1.807, 2.05) is 7.05 Å². The largest absolute Gasteiger partial charge is 0.355 e. The second-order valence-electron chi connectivity index (χ2n) is 8.33. The van der Waals surface area contributed by atoms with E-state index < -0.39 is 0 Å². The van der Waals surface area contributed by atoms with Gasteiger partial charge < -0.3 is 20.0 Å². The number of nitrogens with one attached hydrogen (secondary N) is 1. The molecule has 29 heavy (non-hydrogen) atoms. The molecule has 162 valence electrons. The highest BCUT2D eigenvalue weighted by atomic mass is 15.4. The van der Waals surface area contributed by atoms with Crippen LogP contribution in [0.3, 0.4) is 0 Å². The normalized spacial score (nSPS) is 21.8. The molecule has 1 unspecified atom stereocenters. The van der Waals surface area contributed by atoms with E-state index in [4.69, 9.17) is 0 Å². The molecule has 2 aliphatic rings. The van der Waals surface area contributed by atoms with Gasteiger partial charge in [-0.15, -0.1) is 0 Å². The van der Waals surface area contributed by atoms with Crippen molar-refractivity contribution in [3.8, 4) is 0 Å². The zero-order valence-electron chi connectivity index (χ0n) is 18.7. The molecule has 0 aliphatic carbocycles. The van der Waals surface area contributed by atoms with Crippen molar-refractivity contribution >= 4 is 5.96 Å². The minimum Gasteiger partial charge on any atom is -0.355 e. The lowest BCUT2D eigenvalue weighted by Crippen LogP contribution is -2.53. The Morgan fingerprint density at radius 3 is 2.45 bits per heavy atom. The van der Waals surface area contributed by atoms with Crippen molar-refractivity contribution in [1.29, 1.82) is 0 Å². The van der Waals surface area contributed by atoms with Gasteiger partial charge in [-0.1, -0.05) is 37.3 Å². The van der Waals surface area contributed by atoms with Gasteiger partial charge in [-0.2, -0.15) is 0 Å². The van der Waals surface area contributed by atoms with Crippen molar-refractivity contribution in [3.05, 3.63) is 35.9 Å². The van der Waals surface area contributed by atoms with Crippen LogP contribution < -0.4 is 5.32 Å². The number of piperazine rings is 1. The molecular weight excluding hydrogens is 360 g/mol. The van der Waals surface area contributed by atoms with E-state index in [0.717, 1.165) is 51.6 Å². The first-order chi connectivity index (χ1) is 14.2. The molecule has 6 nitrogen and oxygen atoms in total. The Morgan fingerprint density at radius 2 is 1.76 bits per heavy atom. The van der Waals surface area contributed by atoms with Crippen molar-refractivity contribution in [2.45, 2.75) is 25.8 Å². The molecule has 0 spiro atoms. The molecule has 1 atom stereocenters. The Bertz CT molecular complexity index is 611. The fourth-order valence-electron chi connectivity index (χ4n) is 4.61. The highest BCUT2D eigenvalue weighted by molar-refractivity contribution is 5.80. The molecule has 1 N–H and O–H groups in total. The van der Waals surface area contributed by atoms with Crippen LogP contribution in [-0.4, -0.2) is 105 Å². The van der Waals surface area contributed by atoms with Gasteiger partial charge in [0.25, 0.3) is 0 Å². The van der Waals surface area contributed by atoms with Crippen molar-refractivity contribution in [1.82, 2.24) is 24.9 Å². The fraction of sp³-hybridized carbons (Fsp3) is 0.696. The van der Waals surface area contributed by atoms with Crippen LogP contribution in [0.25, 0.3) is 0 Å². The SMILES string of the molecule is CCC(c1ccccc1)N1CCN(C(=NC)NCCN2CCCN(C)CC2)CC1. The highest BCUT2D eigenvalue weighted by Gasteiger charge is 2.25. The van der Waals surface area contributed by atoms with Crippen molar-refractivity contribution in [3.63, 3.8) is 0 Å². The van der Waals surface area contributed by atoms with Crippen LogP contribution in [-0.2, 0) is 0 Å². The van der Waals surface area contributed by atoms with Gasteiger partial charge in [-0.05, 0) is 38.5 Å². The topological polar surface area (TPSA) is 37.4 Å². The summed E-state index contributed by atoms with van der Waals surface area (Å²) in [5, 5.41) is 3.61. The van der Waals surface area contributed by atoms with Crippen LogP contribution in [0.4, 0.5) is 0 Å². The molecule has 1 aromatic rings. The standard InChI is InChI=1S/C23H40N6/c1-4-22(21-9-6-5-7-10-21)28-17-19-29(20-18-28)23(24-2)25-11-14-27-13-8-12-26(3)15-16-27/h5-7,9-10,22H,4,8,11-20H2,1-3H3,(H,24,25). The number of benzene rings is 1. The van der Waals surface area contributed by atoms with Gasteiger partial charge in [0.15, 0.2) is 5.96 Å². The summed E-state index contributed by atoms with van der Waals surface area (Å²) in [5.41, 5.74) is 1.44. The lowest BCUT2D eigenvalue weighted by molar-refractivity contribution is 0.126. The Hall–Kier alpha value is -1.63. The summed E-state index contributed by atoms with van der Waals surface area (Å²) < 4.78 is 0. The van der Waals surface area contributed by atoms with Crippen LogP contribution in [0.1, 0.15) is 31.4 Å². The summed E-state index contributed by atoms with van der Waals surface area (Å²) in [5.74, 6) is 1.06. The molecule has 0 saturated carbocycles. The molecule has 0 amide bonds. The minimum absolute atomic E-state index is 0.523. The van der Waals surface area contributed by atoms with Crippen molar-refractivity contribution < 1.29 is 0 Å². The van der Waals surface area contributed by atoms with E-state index in [-0.39, 0.29) is 0 Å². The van der Waals surface area contributed by atoms with Crippen LogP contribution in [0.2, 0.25) is 0 Å². The van der Waals surface area contributed by atoms with Crippen LogP contribution >= 0.6 is 0 Å². The fourth-order valence-corrected chi connectivity index (χ4v) is 4.61. The molecule has 0 radical (unpaired) electrons. The average molecular weight is 401 g/mol. The summed E-state index contributed by atoms with van der Waals surface area (Å²) in [4.78, 5) is 14.6. The van der Waals surface area contributed by atoms with Crippen LogP contribution in [0.5, 0.6) is 0 Å². The Labute approximate surface area is 177 Å². The molecule has 2 aliphatic heterocycles. The molecular formula is C23H40N6. The predicted molar refractivity (Wildman–Crippen MR) is 123 cm³/mol. The van der Waals surface area contributed by atoms with Gasteiger partial charge in [0.1, 0.15) is 0 Å². The molecule has 6 heteroatoms. The summed E-state index contributed by atoms with van der Waals surface area (Å²) >= 11 is 0. The van der Waals surface area contributed by atoms with E-state index >= 15 is 0 Å². The monoisotopic (exact) mass is 400 g/mol. The first-order valence-corrected chi connectivity index (χ1v) is 11.4. The first-order valence-electron chi connectivity index (χ1n) is 11.4. The van der Waals surface area contributed by atoms with Gasteiger partial charge in [-0.25, -0.2) is 0 Å². The molecule has 2 heterocycles. The average Bonchev–Trinajstić information content (AvgIpc) is 2.97. The van der Waals surface area contributed by atoms with E-state index in [9.17, 15) is 0 Å². The summed E-state index contributed by atoms with van der Waals surface area (Å²) in [6.07, 6.45) is 2.43. The zero-order valence-corrected chi connectivity index (χ0v) is 18.7. The minimum atomic E-state index is 0.523. The van der Waals surface area contributed by atoms with E-state index in [1.54, 1.807) is 0 Å². The lowest BCUT2D eigenvalue weighted by Gasteiger charge is -2.40. The number of guanidine groups is 1. The van der Waals surface area contributed by atoms with Gasteiger partial charge >= 0.3 is 0 Å². The van der Waals surface area contributed by atoms with E-state index in [2.05, 4.69) is 74.2 Å². The van der Waals surface area contributed by atoms with Crippen molar-refractivity contribution in [2.24, 2.45) is 4.99 Å². The number of hydrogen-bond acceptors (Lipinski definition) is 4. The van der Waals surface area contributed by atoms with Crippen LogP contribution in [0.15, 0.2) is 35.3 Å². The second kappa shape index (κ2) is 11.5. The van der Waals surface area contributed by atoms with Gasteiger partial charge in [0.2, 0.25) is 0 Å². The predicted octanol–water partition coefficient (Wildman–Crippen LogP) is 1.97. The van der Waals surface area contributed by atoms with Gasteiger partial charge in [0, 0.05) is 65.4 Å². The van der Waals surface area contributed by atoms with Crippen LogP contribution in [0, 0.1) is 0 Å². The number of likely N-dealkylation sites (N-methyl/N-ethyl adjacent to an activating group) is 1. The third kappa shape index (κ3) is 6.43. The maximum absolute atomic E-state index is 4.56. The molecule has 3 rings (SSSR count). The zero-order chi connectivity index (χ0) is 20.5. The third-order valence-corrected chi connectivity index (χ3v) is 6.36. The molecule has 0 bridgehead atoms. The number of nitrogens with zero attached hydrogens (tertiary/aromatic N) is 5. The van der Waals surface area contributed by atoms with E-state index in [1.165, 1.54) is 38.2 Å². The quantitative estimate of drug-likeness (QED) is 0.584. The maximum atomic E-state index is 4.56. The molecule has 2 saturated heterocycles. The third-order valence-electron chi connectivity index (χ3n) is 6.36. The summed E-state index contributed by atoms with van der Waals surface area (Å²) in [6.45, 7) is 13.4. The molecule has 1 aromatic carbocycles. The smallest absolute Gasteiger partial charge is 0.193 e. The lowest BCUT2D eigenvalue weighted by atomic mass is 10.0. The number of hydrogen-bond donors (Lipinski definition) is 1. The highest BCUT2D eigenvalue weighted by Crippen LogP contribution is 2.25. The first kappa shape index (κ1) is 22.1. The van der Waals surface area contributed by atoms with Crippen molar-refractivity contribution in [2.75, 3.05) is 79.5 Å². The number of aliphatic imine (C=N–C) groups is 1. The summed E-state index contributed by atoms with van der Waals surface area (Å²) in [7, 11) is 4.14. The van der Waals surface area contributed by atoms with E-state index in [0.29, 0.717) is 6.04 Å². The Balaban J connectivity index is 1.44. The Morgan fingerprint density at radius 1 is 1.00 bits per heavy atom. The van der Waals surface area contributed by atoms with Gasteiger partial charge in [-0.3, -0.25) is 9.89 Å². The number of rotatable bonds is 6. The Kier molecular flexibility index (Phi) is 8.77. The maximum Gasteiger partial charge on any atom is 0.193 e. The molecule has 2 fully saturated rings. The molecule has 0 aromatic heterocycles. The van der Waals surface area contributed by atoms with Gasteiger partial charge in [0.05, 0.1) is 0 Å². The summed E-state index contributed by atoms with van der Waals surface area (Å²) in [6, 6.07) is 11.5.